The van der Waals surface area contributed by atoms with Crippen molar-refractivity contribution in [2.75, 3.05) is 19.6 Å². The van der Waals surface area contributed by atoms with Gasteiger partial charge >= 0.3 is 6.09 Å². The van der Waals surface area contributed by atoms with Gasteiger partial charge in [0.2, 0.25) is 0 Å². The molecule has 172 valence electrons. The van der Waals surface area contributed by atoms with Gasteiger partial charge in [-0.05, 0) is 44.5 Å². The van der Waals surface area contributed by atoms with E-state index in [1.54, 1.807) is 49.9 Å². The molecule has 0 bridgehead atoms. The Kier molecular flexibility index (Phi) is 6.03. The van der Waals surface area contributed by atoms with Gasteiger partial charge in [-0.1, -0.05) is 41.9 Å². The van der Waals surface area contributed by atoms with E-state index in [1.165, 1.54) is 4.90 Å². The van der Waals surface area contributed by atoms with E-state index >= 15 is 0 Å². The standard InChI is InChI=1S/C25H26ClN3O4/c1-15-14-28(10-11-29(15)24(31)32)23(30)17-6-9-19-20(26)13-21(27-22(19)12-17)16-4-7-18(8-5-16)25(2,3)33/h4-9,12-13,15,33H,10-11,14H2,1-3H3,(H,31,32). The van der Waals surface area contributed by atoms with Crippen LogP contribution in [0.4, 0.5) is 4.79 Å². The Morgan fingerprint density at radius 2 is 1.79 bits per heavy atom. The number of amides is 2. The van der Waals surface area contributed by atoms with Gasteiger partial charge in [0.25, 0.3) is 5.91 Å². The summed E-state index contributed by atoms with van der Waals surface area (Å²) >= 11 is 6.52. The van der Waals surface area contributed by atoms with Gasteiger partial charge in [0.15, 0.2) is 0 Å². The summed E-state index contributed by atoms with van der Waals surface area (Å²) in [5.41, 5.74) is 2.47. The fourth-order valence-electron chi connectivity index (χ4n) is 4.12. The van der Waals surface area contributed by atoms with E-state index in [9.17, 15) is 19.8 Å². The number of carboxylic acid groups (broad SMARTS) is 1. The van der Waals surface area contributed by atoms with Crippen LogP contribution < -0.4 is 0 Å². The fraction of sp³-hybridized carbons (Fsp3) is 0.320. The number of nitrogens with zero attached hydrogens (tertiary/aromatic N) is 3. The maximum absolute atomic E-state index is 13.1. The molecule has 1 aromatic heterocycles. The van der Waals surface area contributed by atoms with Crippen LogP contribution in [0.25, 0.3) is 22.2 Å². The number of aliphatic hydroxyl groups is 1. The van der Waals surface area contributed by atoms with Gasteiger partial charge < -0.3 is 20.0 Å². The number of benzene rings is 2. The second-order valence-electron chi connectivity index (χ2n) is 8.93. The normalized spacial score (nSPS) is 16.8. The first kappa shape index (κ1) is 23.0. The number of halogens is 1. The van der Waals surface area contributed by atoms with Gasteiger partial charge in [-0.15, -0.1) is 0 Å². The van der Waals surface area contributed by atoms with Crippen LogP contribution in [0.1, 0.15) is 36.7 Å². The first-order valence-corrected chi connectivity index (χ1v) is 11.1. The minimum Gasteiger partial charge on any atom is -0.465 e. The molecule has 0 spiro atoms. The number of hydrogen-bond donors (Lipinski definition) is 2. The predicted molar refractivity (Wildman–Crippen MR) is 128 cm³/mol. The van der Waals surface area contributed by atoms with Gasteiger partial charge in [0.05, 0.1) is 21.8 Å². The third kappa shape index (κ3) is 4.65. The number of piperazine rings is 1. The molecule has 3 aromatic rings. The summed E-state index contributed by atoms with van der Waals surface area (Å²) in [7, 11) is 0. The van der Waals surface area contributed by atoms with Crippen LogP contribution in [-0.2, 0) is 5.60 Å². The third-order valence-corrected chi connectivity index (χ3v) is 6.37. The first-order chi connectivity index (χ1) is 15.5. The summed E-state index contributed by atoms with van der Waals surface area (Å²) in [6.07, 6.45) is -0.970. The molecular formula is C25H26ClN3O4. The summed E-state index contributed by atoms with van der Waals surface area (Å²) in [4.78, 5) is 32.2. The molecule has 8 heteroatoms. The summed E-state index contributed by atoms with van der Waals surface area (Å²) in [5, 5.41) is 20.7. The van der Waals surface area contributed by atoms with Crippen molar-refractivity contribution in [1.29, 1.82) is 0 Å². The number of aromatic nitrogens is 1. The zero-order valence-electron chi connectivity index (χ0n) is 18.7. The van der Waals surface area contributed by atoms with Gasteiger partial charge in [0, 0.05) is 42.2 Å². The van der Waals surface area contributed by atoms with Crippen LogP contribution >= 0.6 is 11.6 Å². The molecule has 1 fully saturated rings. The van der Waals surface area contributed by atoms with Crippen molar-refractivity contribution in [3.05, 3.63) is 64.7 Å². The van der Waals surface area contributed by atoms with Crippen molar-refractivity contribution in [3.8, 4) is 11.3 Å². The molecule has 4 rings (SSSR count). The van der Waals surface area contributed by atoms with Gasteiger partial charge in [-0.2, -0.15) is 0 Å². The molecule has 2 N–H and O–H groups in total. The Balaban J connectivity index is 1.63. The summed E-state index contributed by atoms with van der Waals surface area (Å²) in [6, 6.07) is 14.2. The first-order valence-electron chi connectivity index (χ1n) is 10.8. The van der Waals surface area contributed by atoms with Crippen molar-refractivity contribution in [2.24, 2.45) is 0 Å². The Hall–Kier alpha value is -3.16. The molecule has 2 heterocycles. The highest BCUT2D eigenvalue weighted by atomic mass is 35.5. The van der Waals surface area contributed by atoms with Gasteiger partial charge in [0.1, 0.15) is 0 Å². The Bertz CT molecular complexity index is 1220. The van der Waals surface area contributed by atoms with Crippen molar-refractivity contribution in [1.82, 2.24) is 14.8 Å². The van der Waals surface area contributed by atoms with Gasteiger partial charge in [-0.25, -0.2) is 9.78 Å². The van der Waals surface area contributed by atoms with E-state index < -0.39 is 11.7 Å². The molecule has 1 saturated heterocycles. The van der Waals surface area contributed by atoms with E-state index in [0.717, 1.165) is 16.5 Å². The largest absolute Gasteiger partial charge is 0.465 e. The number of carbonyl (C=O) groups is 2. The van der Waals surface area contributed by atoms with Crippen molar-refractivity contribution < 1.29 is 19.8 Å². The SMILES string of the molecule is CC1CN(C(=O)c2ccc3c(Cl)cc(-c4ccc(C(C)(C)O)cc4)nc3c2)CCN1C(=O)O. The van der Waals surface area contributed by atoms with Crippen LogP contribution in [0, 0.1) is 0 Å². The summed E-state index contributed by atoms with van der Waals surface area (Å²) < 4.78 is 0. The van der Waals surface area contributed by atoms with Crippen molar-refractivity contribution >= 4 is 34.5 Å². The smallest absolute Gasteiger partial charge is 0.407 e. The zero-order valence-corrected chi connectivity index (χ0v) is 19.5. The third-order valence-electron chi connectivity index (χ3n) is 6.05. The molecule has 0 aliphatic carbocycles. The minimum atomic E-state index is -0.970. The summed E-state index contributed by atoms with van der Waals surface area (Å²) in [6.45, 7) is 6.22. The molecule has 2 amide bonds. The minimum absolute atomic E-state index is 0.161. The molecule has 0 saturated carbocycles. The highest BCUT2D eigenvalue weighted by molar-refractivity contribution is 6.35. The maximum atomic E-state index is 13.1. The van der Waals surface area contributed by atoms with Crippen LogP contribution in [0.15, 0.2) is 48.5 Å². The van der Waals surface area contributed by atoms with Gasteiger partial charge in [-0.3, -0.25) is 4.79 Å². The van der Waals surface area contributed by atoms with E-state index in [2.05, 4.69) is 0 Å². The molecule has 1 aliphatic heterocycles. The van der Waals surface area contributed by atoms with E-state index in [0.29, 0.717) is 34.9 Å². The van der Waals surface area contributed by atoms with E-state index in [1.807, 2.05) is 24.3 Å². The average molecular weight is 468 g/mol. The molecule has 33 heavy (non-hydrogen) atoms. The Morgan fingerprint density at radius 3 is 2.39 bits per heavy atom. The molecular weight excluding hydrogens is 442 g/mol. The average Bonchev–Trinajstić information content (AvgIpc) is 2.77. The van der Waals surface area contributed by atoms with E-state index in [-0.39, 0.29) is 18.5 Å². The number of hydrogen-bond acceptors (Lipinski definition) is 4. The van der Waals surface area contributed by atoms with Crippen LogP contribution in [0.2, 0.25) is 5.02 Å². The molecule has 0 radical (unpaired) electrons. The lowest BCUT2D eigenvalue weighted by Gasteiger charge is -2.38. The second-order valence-corrected chi connectivity index (χ2v) is 9.34. The highest BCUT2D eigenvalue weighted by Gasteiger charge is 2.30. The Morgan fingerprint density at radius 1 is 1.09 bits per heavy atom. The lowest BCUT2D eigenvalue weighted by Crippen LogP contribution is -2.55. The topological polar surface area (TPSA) is 94.0 Å². The predicted octanol–water partition coefficient (Wildman–Crippen LogP) is 4.61. The van der Waals surface area contributed by atoms with Crippen LogP contribution in [0.3, 0.4) is 0 Å². The lowest BCUT2D eigenvalue weighted by atomic mass is 9.96. The van der Waals surface area contributed by atoms with Crippen molar-refractivity contribution in [3.63, 3.8) is 0 Å². The highest BCUT2D eigenvalue weighted by Crippen LogP contribution is 2.30. The second kappa shape index (κ2) is 8.65. The van der Waals surface area contributed by atoms with E-state index in [4.69, 9.17) is 16.6 Å². The molecule has 1 aliphatic rings. The molecule has 2 aromatic carbocycles. The molecule has 7 nitrogen and oxygen atoms in total. The quantitative estimate of drug-likeness (QED) is 0.586. The summed E-state index contributed by atoms with van der Waals surface area (Å²) in [5.74, 6) is -0.161. The zero-order chi connectivity index (χ0) is 23.9. The van der Waals surface area contributed by atoms with Crippen molar-refractivity contribution in [2.45, 2.75) is 32.4 Å². The fourth-order valence-corrected chi connectivity index (χ4v) is 4.39. The Labute approximate surface area is 197 Å². The molecule has 1 atom stereocenters. The number of carbonyl (C=O) groups excluding carboxylic acids is 1. The van der Waals surface area contributed by atoms with Crippen LogP contribution in [-0.4, -0.2) is 62.7 Å². The number of fused-ring (bicyclic) bond motifs is 1. The number of pyridine rings is 1. The lowest BCUT2D eigenvalue weighted by molar-refractivity contribution is 0.0507. The number of rotatable bonds is 3. The van der Waals surface area contributed by atoms with Crippen LogP contribution in [0.5, 0.6) is 0 Å². The maximum Gasteiger partial charge on any atom is 0.407 e. The molecule has 1 unspecified atom stereocenters. The monoisotopic (exact) mass is 467 g/mol.